The van der Waals surface area contributed by atoms with Gasteiger partial charge in [-0.05, 0) is 42.9 Å². The molecule has 1 aliphatic rings. The Morgan fingerprint density at radius 2 is 2.13 bits per heavy atom. The predicted molar refractivity (Wildman–Crippen MR) is 94.3 cm³/mol. The van der Waals surface area contributed by atoms with Crippen LogP contribution in [0.5, 0.6) is 0 Å². The summed E-state index contributed by atoms with van der Waals surface area (Å²) in [5.41, 5.74) is 12.2. The Morgan fingerprint density at radius 3 is 2.96 bits per heavy atom. The third-order valence-electron chi connectivity index (χ3n) is 4.79. The van der Waals surface area contributed by atoms with E-state index in [4.69, 9.17) is 5.73 Å². The average Bonchev–Trinajstić information content (AvgIpc) is 2.86. The van der Waals surface area contributed by atoms with Crippen molar-refractivity contribution in [3.63, 3.8) is 0 Å². The number of pyridine rings is 1. The highest BCUT2D eigenvalue weighted by Crippen LogP contribution is 2.32. The molecule has 1 aliphatic heterocycles. The summed E-state index contributed by atoms with van der Waals surface area (Å²) in [6, 6.07) is 12.4. The Kier molecular flexibility index (Phi) is 3.54. The molecule has 0 fully saturated rings. The molecule has 0 radical (unpaired) electrons. The van der Waals surface area contributed by atoms with Crippen molar-refractivity contribution in [2.24, 2.45) is 0 Å². The number of anilines is 1. The van der Waals surface area contributed by atoms with E-state index in [2.05, 4.69) is 45.8 Å². The first-order valence-electron chi connectivity index (χ1n) is 8.20. The lowest BCUT2D eigenvalue weighted by molar-refractivity contribution is 0.309. The van der Waals surface area contributed by atoms with Crippen LogP contribution in [0.2, 0.25) is 0 Å². The quantitative estimate of drug-likeness (QED) is 0.757. The van der Waals surface area contributed by atoms with E-state index in [1.165, 1.54) is 22.2 Å². The van der Waals surface area contributed by atoms with Gasteiger partial charge in [0.2, 0.25) is 0 Å². The Labute approximate surface area is 136 Å². The largest absolute Gasteiger partial charge is 0.399 e. The Hall–Kier alpha value is -2.33. The molecule has 118 valence electrons. The van der Waals surface area contributed by atoms with Crippen LogP contribution in [0.25, 0.3) is 10.9 Å². The van der Waals surface area contributed by atoms with Crippen LogP contribution in [0, 0.1) is 0 Å². The summed E-state index contributed by atoms with van der Waals surface area (Å²) in [5.74, 6) is 0. The molecule has 2 N–H and O–H groups in total. The number of hydrogen-bond donors (Lipinski definition) is 1. The van der Waals surface area contributed by atoms with Crippen molar-refractivity contribution in [3.8, 4) is 0 Å². The molecule has 1 aromatic carbocycles. The van der Waals surface area contributed by atoms with Gasteiger partial charge in [0.25, 0.3) is 0 Å². The number of aromatic nitrogens is 2. The minimum atomic E-state index is 0.843. The molecule has 0 amide bonds. The molecule has 0 atom stereocenters. The second-order valence-corrected chi connectivity index (χ2v) is 6.41. The van der Waals surface area contributed by atoms with Crippen molar-refractivity contribution in [3.05, 3.63) is 59.5 Å². The lowest BCUT2D eigenvalue weighted by atomic mass is 10.0. The van der Waals surface area contributed by atoms with Gasteiger partial charge in [0, 0.05) is 66.7 Å². The zero-order valence-corrected chi connectivity index (χ0v) is 13.5. The number of nitrogen functional groups attached to an aromatic ring is 1. The van der Waals surface area contributed by atoms with Gasteiger partial charge in [0.1, 0.15) is 0 Å². The maximum absolute atomic E-state index is 6.03. The third kappa shape index (κ3) is 2.59. The van der Waals surface area contributed by atoms with E-state index in [0.29, 0.717) is 0 Å². The molecule has 3 heterocycles. The van der Waals surface area contributed by atoms with Crippen LogP contribution in [0.3, 0.4) is 0 Å². The van der Waals surface area contributed by atoms with Crippen molar-refractivity contribution in [1.29, 1.82) is 0 Å². The number of benzene rings is 1. The highest BCUT2D eigenvalue weighted by Gasteiger charge is 2.22. The lowest BCUT2D eigenvalue weighted by Crippen LogP contribution is -2.27. The van der Waals surface area contributed by atoms with Gasteiger partial charge >= 0.3 is 0 Å². The van der Waals surface area contributed by atoms with Gasteiger partial charge in [-0.25, -0.2) is 0 Å². The molecule has 2 aromatic heterocycles. The van der Waals surface area contributed by atoms with Crippen molar-refractivity contribution in [2.45, 2.75) is 25.9 Å². The maximum Gasteiger partial charge on any atom is 0.0487 e. The third-order valence-corrected chi connectivity index (χ3v) is 4.79. The number of hydrogen-bond acceptors (Lipinski definition) is 3. The highest BCUT2D eigenvalue weighted by atomic mass is 15.1. The first-order valence-corrected chi connectivity index (χ1v) is 8.20. The number of fused-ring (bicyclic) bond motifs is 3. The monoisotopic (exact) mass is 306 g/mol. The maximum atomic E-state index is 6.03. The van der Waals surface area contributed by atoms with Crippen LogP contribution in [0.15, 0.2) is 42.6 Å². The SMILES string of the molecule is CN1CCc2c(c3cc(N)ccc3n2CCc2ccccn2)C1. The van der Waals surface area contributed by atoms with Crippen LogP contribution in [-0.2, 0) is 25.9 Å². The molecular weight excluding hydrogens is 284 g/mol. The standard InChI is InChI=1S/C19H22N4/c1-22-10-8-19-17(13-22)16-12-14(20)5-6-18(16)23(19)11-7-15-4-2-3-9-21-15/h2-6,9,12H,7-8,10-11,13,20H2,1H3. The van der Waals surface area contributed by atoms with Gasteiger partial charge in [-0.1, -0.05) is 6.07 Å². The Bertz CT molecular complexity index is 835. The summed E-state index contributed by atoms with van der Waals surface area (Å²) in [5, 5.41) is 1.31. The van der Waals surface area contributed by atoms with E-state index >= 15 is 0 Å². The number of aryl methyl sites for hydroxylation is 2. The molecule has 3 aromatic rings. The molecule has 0 unspecified atom stereocenters. The molecule has 4 rings (SSSR count). The molecule has 4 nitrogen and oxygen atoms in total. The summed E-state index contributed by atoms with van der Waals surface area (Å²) < 4.78 is 2.48. The molecule has 0 bridgehead atoms. The first kappa shape index (κ1) is 14.3. The molecule has 0 spiro atoms. The molecule has 23 heavy (non-hydrogen) atoms. The van der Waals surface area contributed by atoms with E-state index < -0.39 is 0 Å². The fraction of sp³-hybridized carbons (Fsp3) is 0.316. The van der Waals surface area contributed by atoms with Gasteiger partial charge in [0.15, 0.2) is 0 Å². The van der Waals surface area contributed by atoms with E-state index in [1.807, 2.05) is 18.3 Å². The van der Waals surface area contributed by atoms with Gasteiger partial charge < -0.3 is 15.2 Å². The van der Waals surface area contributed by atoms with Crippen LogP contribution in [0.1, 0.15) is 17.0 Å². The van der Waals surface area contributed by atoms with Crippen molar-refractivity contribution in [1.82, 2.24) is 14.5 Å². The number of likely N-dealkylation sites (N-methyl/N-ethyl adjacent to an activating group) is 1. The zero-order valence-electron chi connectivity index (χ0n) is 13.5. The van der Waals surface area contributed by atoms with Gasteiger partial charge in [-0.2, -0.15) is 0 Å². The minimum Gasteiger partial charge on any atom is -0.399 e. The molecular formula is C19H22N4. The average molecular weight is 306 g/mol. The number of nitrogens with two attached hydrogens (primary N) is 1. The van der Waals surface area contributed by atoms with Crippen molar-refractivity contribution >= 4 is 16.6 Å². The van der Waals surface area contributed by atoms with Crippen molar-refractivity contribution < 1.29 is 0 Å². The summed E-state index contributed by atoms with van der Waals surface area (Å²) in [6.45, 7) is 3.09. The first-order chi connectivity index (χ1) is 11.2. The summed E-state index contributed by atoms with van der Waals surface area (Å²) >= 11 is 0. The van der Waals surface area contributed by atoms with Gasteiger partial charge in [0.05, 0.1) is 0 Å². The summed E-state index contributed by atoms with van der Waals surface area (Å²) in [4.78, 5) is 6.84. The van der Waals surface area contributed by atoms with Gasteiger partial charge in [-0.15, -0.1) is 0 Å². The van der Waals surface area contributed by atoms with E-state index in [-0.39, 0.29) is 0 Å². The van der Waals surface area contributed by atoms with Crippen molar-refractivity contribution in [2.75, 3.05) is 19.3 Å². The van der Waals surface area contributed by atoms with Crippen LogP contribution < -0.4 is 5.73 Å². The number of nitrogens with zero attached hydrogens (tertiary/aromatic N) is 3. The Morgan fingerprint density at radius 1 is 1.22 bits per heavy atom. The summed E-state index contributed by atoms with van der Waals surface area (Å²) in [7, 11) is 2.19. The molecule has 4 heteroatoms. The fourth-order valence-electron chi connectivity index (χ4n) is 3.63. The highest BCUT2D eigenvalue weighted by molar-refractivity contribution is 5.88. The Balaban J connectivity index is 1.76. The number of rotatable bonds is 3. The molecule has 0 aliphatic carbocycles. The summed E-state index contributed by atoms with van der Waals surface area (Å²) in [6.07, 6.45) is 3.92. The van der Waals surface area contributed by atoms with E-state index in [1.54, 1.807) is 0 Å². The fourth-order valence-corrected chi connectivity index (χ4v) is 3.63. The van der Waals surface area contributed by atoms with Crippen LogP contribution in [0.4, 0.5) is 5.69 Å². The second kappa shape index (κ2) is 5.70. The normalized spacial score (nSPS) is 15.0. The minimum absolute atomic E-state index is 0.843. The van der Waals surface area contributed by atoms with Crippen LogP contribution >= 0.6 is 0 Å². The zero-order chi connectivity index (χ0) is 15.8. The second-order valence-electron chi connectivity index (χ2n) is 6.41. The lowest BCUT2D eigenvalue weighted by Gasteiger charge is -2.24. The van der Waals surface area contributed by atoms with Crippen LogP contribution in [-0.4, -0.2) is 28.0 Å². The van der Waals surface area contributed by atoms with E-state index in [9.17, 15) is 0 Å². The topological polar surface area (TPSA) is 47.1 Å². The molecule has 0 saturated heterocycles. The smallest absolute Gasteiger partial charge is 0.0487 e. The predicted octanol–water partition coefficient (Wildman–Crippen LogP) is 2.85. The molecule has 0 saturated carbocycles. The van der Waals surface area contributed by atoms with Gasteiger partial charge in [-0.3, -0.25) is 4.98 Å². The van der Waals surface area contributed by atoms with E-state index in [0.717, 1.165) is 43.9 Å².